The van der Waals surface area contributed by atoms with Crippen LogP contribution in [0.15, 0.2) is 88.8 Å². The van der Waals surface area contributed by atoms with Gasteiger partial charge in [-0.25, -0.2) is 4.98 Å². The Balaban J connectivity index is 1.79. The number of nitrogens with zero attached hydrogens (tertiary/aromatic N) is 3. The second kappa shape index (κ2) is 8.40. The molecule has 1 heterocycles. The lowest BCUT2D eigenvalue weighted by atomic mass is 10.2. The number of fused-ring (bicyclic) bond motifs is 1. The molecule has 0 radical (unpaired) electrons. The average molecular weight is 398 g/mol. The van der Waals surface area contributed by atoms with Crippen LogP contribution in [0, 0.1) is 0 Å². The maximum absolute atomic E-state index is 13.1. The van der Waals surface area contributed by atoms with Crippen LogP contribution >= 0.6 is 0 Å². The fourth-order valence-electron chi connectivity index (χ4n) is 2.97. The van der Waals surface area contributed by atoms with E-state index in [1.807, 2.05) is 42.5 Å². The van der Waals surface area contributed by atoms with Gasteiger partial charge in [-0.2, -0.15) is 9.78 Å². The van der Waals surface area contributed by atoms with Gasteiger partial charge in [0, 0.05) is 5.56 Å². The molecule has 7 heteroatoms. The summed E-state index contributed by atoms with van der Waals surface area (Å²) >= 11 is 0. The molecule has 2 N–H and O–H groups in total. The third-order valence-electron chi connectivity index (χ3n) is 4.35. The lowest BCUT2D eigenvalue weighted by Crippen LogP contribution is -2.20. The molecule has 3 aromatic carbocycles. The Kier molecular flexibility index (Phi) is 5.34. The first-order chi connectivity index (χ1) is 14.6. The summed E-state index contributed by atoms with van der Waals surface area (Å²) in [6.07, 6.45) is 1.54. The summed E-state index contributed by atoms with van der Waals surface area (Å²) in [5, 5.41) is 4.89. The van der Waals surface area contributed by atoms with E-state index in [1.54, 1.807) is 42.6 Å². The minimum Gasteiger partial charge on any atom is -0.484 e. The highest BCUT2D eigenvalue weighted by Gasteiger charge is 2.12. The smallest absolute Gasteiger partial charge is 0.282 e. The van der Waals surface area contributed by atoms with Crippen molar-refractivity contribution >= 4 is 23.0 Å². The van der Waals surface area contributed by atoms with Gasteiger partial charge >= 0.3 is 0 Å². The molecule has 0 fully saturated rings. The SMILES string of the molecule is NC(=O)COc1cccc(C=Nn2c(-c3ccccc3)nc3ccccc3c2=O)c1. The molecule has 4 rings (SSSR count). The monoisotopic (exact) mass is 398 g/mol. The first kappa shape index (κ1) is 19.1. The molecule has 0 spiro atoms. The Labute approximate surface area is 172 Å². The topological polar surface area (TPSA) is 99.6 Å². The molecule has 0 saturated carbocycles. The highest BCUT2D eigenvalue weighted by Crippen LogP contribution is 2.19. The lowest BCUT2D eigenvalue weighted by Gasteiger charge is -2.09. The van der Waals surface area contributed by atoms with Gasteiger partial charge in [0.1, 0.15) is 5.75 Å². The van der Waals surface area contributed by atoms with E-state index < -0.39 is 5.91 Å². The van der Waals surface area contributed by atoms with E-state index in [0.29, 0.717) is 28.0 Å². The number of rotatable bonds is 6. The van der Waals surface area contributed by atoms with E-state index in [2.05, 4.69) is 10.1 Å². The van der Waals surface area contributed by atoms with Crippen molar-refractivity contribution in [1.29, 1.82) is 0 Å². The van der Waals surface area contributed by atoms with Gasteiger partial charge in [-0.1, -0.05) is 54.6 Å². The minimum absolute atomic E-state index is 0.215. The maximum atomic E-state index is 13.1. The molecule has 1 amide bonds. The summed E-state index contributed by atoms with van der Waals surface area (Å²) in [6, 6.07) is 23.5. The Morgan fingerprint density at radius 2 is 1.80 bits per heavy atom. The Morgan fingerprint density at radius 1 is 1.03 bits per heavy atom. The molecule has 0 saturated heterocycles. The van der Waals surface area contributed by atoms with Crippen LogP contribution in [-0.4, -0.2) is 28.4 Å². The standard InChI is InChI=1S/C23H18N4O3/c24-21(28)15-30-18-10-6-7-16(13-18)14-25-27-22(17-8-2-1-3-9-17)26-20-12-5-4-11-19(20)23(27)29/h1-14H,15H2,(H2,24,28). The van der Waals surface area contributed by atoms with E-state index >= 15 is 0 Å². The second-order valence-corrected chi connectivity index (χ2v) is 6.51. The number of para-hydroxylation sites is 1. The first-order valence-electron chi connectivity index (χ1n) is 9.24. The zero-order chi connectivity index (χ0) is 20.9. The molecule has 30 heavy (non-hydrogen) atoms. The van der Waals surface area contributed by atoms with Crippen molar-refractivity contribution in [1.82, 2.24) is 9.66 Å². The molecule has 0 unspecified atom stereocenters. The van der Waals surface area contributed by atoms with Gasteiger partial charge in [0.2, 0.25) is 0 Å². The number of hydrogen-bond donors (Lipinski definition) is 1. The summed E-state index contributed by atoms with van der Waals surface area (Å²) < 4.78 is 6.60. The highest BCUT2D eigenvalue weighted by molar-refractivity contribution is 5.82. The Bertz CT molecular complexity index is 1300. The zero-order valence-electron chi connectivity index (χ0n) is 15.9. The number of amides is 1. The number of carbonyl (C=O) groups is 1. The molecular weight excluding hydrogens is 380 g/mol. The predicted octanol–water partition coefficient (Wildman–Crippen LogP) is 2.81. The van der Waals surface area contributed by atoms with Gasteiger partial charge in [-0.3, -0.25) is 9.59 Å². The largest absolute Gasteiger partial charge is 0.484 e. The van der Waals surface area contributed by atoms with Crippen molar-refractivity contribution < 1.29 is 9.53 Å². The fraction of sp³-hybridized carbons (Fsp3) is 0.0435. The molecule has 0 aliphatic carbocycles. The molecule has 1 aromatic heterocycles. The second-order valence-electron chi connectivity index (χ2n) is 6.51. The number of ether oxygens (including phenoxy) is 1. The summed E-state index contributed by atoms with van der Waals surface area (Å²) in [6.45, 7) is -0.215. The number of benzene rings is 3. The van der Waals surface area contributed by atoms with Crippen molar-refractivity contribution in [3.63, 3.8) is 0 Å². The Hall–Kier alpha value is -4.26. The molecule has 7 nitrogen and oxygen atoms in total. The van der Waals surface area contributed by atoms with E-state index in [-0.39, 0.29) is 12.2 Å². The highest BCUT2D eigenvalue weighted by atomic mass is 16.5. The van der Waals surface area contributed by atoms with Gasteiger partial charge in [-0.05, 0) is 29.8 Å². The number of aromatic nitrogens is 2. The molecule has 0 atom stereocenters. The van der Waals surface area contributed by atoms with Crippen molar-refractivity contribution in [3.05, 3.63) is 94.8 Å². The van der Waals surface area contributed by atoms with Crippen LogP contribution in [0.5, 0.6) is 5.75 Å². The lowest BCUT2D eigenvalue weighted by molar-refractivity contribution is -0.119. The number of nitrogens with two attached hydrogens (primary N) is 1. The summed E-state index contributed by atoms with van der Waals surface area (Å²) in [7, 11) is 0. The van der Waals surface area contributed by atoms with Crippen LogP contribution in [0.1, 0.15) is 5.56 Å². The van der Waals surface area contributed by atoms with Crippen LogP contribution in [0.3, 0.4) is 0 Å². The van der Waals surface area contributed by atoms with Crippen molar-refractivity contribution in [2.45, 2.75) is 0 Å². The molecular formula is C23H18N4O3. The van der Waals surface area contributed by atoms with Crippen LogP contribution in [0.2, 0.25) is 0 Å². The van der Waals surface area contributed by atoms with E-state index in [1.165, 1.54) is 4.68 Å². The maximum Gasteiger partial charge on any atom is 0.282 e. The third kappa shape index (κ3) is 4.10. The van der Waals surface area contributed by atoms with E-state index in [4.69, 9.17) is 10.5 Å². The minimum atomic E-state index is -0.560. The molecule has 148 valence electrons. The quantitative estimate of drug-likeness (QED) is 0.505. The predicted molar refractivity (Wildman–Crippen MR) is 116 cm³/mol. The summed E-state index contributed by atoms with van der Waals surface area (Å²) in [4.78, 5) is 28.7. The van der Waals surface area contributed by atoms with Crippen LogP contribution < -0.4 is 16.0 Å². The van der Waals surface area contributed by atoms with Gasteiger partial charge in [-0.15, -0.1) is 0 Å². The van der Waals surface area contributed by atoms with Gasteiger partial charge < -0.3 is 10.5 Å². The zero-order valence-corrected chi connectivity index (χ0v) is 15.9. The van der Waals surface area contributed by atoms with Crippen molar-refractivity contribution in [3.8, 4) is 17.1 Å². The van der Waals surface area contributed by atoms with E-state index in [0.717, 1.165) is 5.56 Å². The number of hydrogen-bond acceptors (Lipinski definition) is 5. The third-order valence-corrected chi connectivity index (χ3v) is 4.35. The molecule has 4 aromatic rings. The van der Waals surface area contributed by atoms with Gasteiger partial charge in [0.05, 0.1) is 17.1 Å². The van der Waals surface area contributed by atoms with Gasteiger partial charge in [0.15, 0.2) is 12.4 Å². The summed E-state index contributed by atoms with van der Waals surface area (Å²) in [5.41, 5.74) is 6.92. The average Bonchev–Trinajstić information content (AvgIpc) is 2.78. The molecule has 0 bridgehead atoms. The van der Waals surface area contributed by atoms with Crippen molar-refractivity contribution in [2.24, 2.45) is 10.8 Å². The van der Waals surface area contributed by atoms with Crippen LogP contribution in [-0.2, 0) is 4.79 Å². The van der Waals surface area contributed by atoms with Crippen LogP contribution in [0.4, 0.5) is 0 Å². The summed E-state index contributed by atoms with van der Waals surface area (Å²) in [5.74, 6) is 0.358. The first-order valence-corrected chi connectivity index (χ1v) is 9.24. The van der Waals surface area contributed by atoms with E-state index in [9.17, 15) is 9.59 Å². The fourth-order valence-corrected chi connectivity index (χ4v) is 2.97. The molecule has 0 aliphatic heterocycles. The number of primary amides is 1. The normalized spacial score (nSPS) is 11.1. The number of carbonyl (C=O) groups excluding carboxylic acids is 1. The Morgan fingerprint density at radius 3 is 2.60 bits per heavy atom. The van der Waals surface area contributed by atoms with Crippen molar-refractivity contribution in [2.75, 3.05) is 6.61 Å². The van der Waals surface area contributed by atoms with Crippen LogP contribution in [0.25, 0.3) is 22.3 Å². The molecule has 0 aliphatic rings. The van der Waals surface area contributed by atoms with Gasteiger partial charge in [0.25, 0.3) is 11.5 Å².